The van der Waals surface area contributed by atoms with E-state index in [1.54, 1.807) is 18.2 Å². The average Bonchev–Trinajstić information content (AvgIpc) is 2.51. The largest absolute Gasteiger partial charge is 0.497 e. The fourth-order valence-corrected chi connectivity index (χ4v) is 1.76. The number of carboxylic acid groups (broad SMARTS) is 1. The fourth-order valence-electron chi connectivity index (χ4n) is 1.76. The monoisotopic (exact) mass is 308 g/mol. The minimum absolute atomic E-state index is 0.210. The molecule has 3 N–H and O–H groups in total. The molecule has 7 nitrogen and oxygen atoms in total. The van der Waals surface area contributed by atoms with Gasteiger partial charge in [0.05, 0.1) is 26.3 Å². The summed E-state index contributed by atoms with van der Waals surface area (Å²) in [6.45, 7) is 3.80. The van der Waals surface area contributed by atoms with Crippen LogP contribution in [0.2, 0.25) is 0 Å². The summed E-state index contributed by atoms with van der Waals surface area (Å²) in [5.41, 5.74) is 0.446. The second-order valence-electron chi connectivity index (χ2n) is 4.41. The van der Waals surface area contributed by atoms with E-state index in [1.807, 2.05) is 0 Å². The van der Waals surface area contributed by atoms with Crippen LogP contribution in [0.4, 0.5) is 5.69 Å². The number of hydrogen-bond acceptors (Lipinski definition) is 5. The SMILES string of the molecule is C=CCN[C@@H](CC(=O)Nc1ccc(OC)cc1OC)C(=O)O. The van der Waals surface area contributed by atoms with Gasteiger partial charge in [0.25, 0.3) is 0 Å². The fraction of sp³-hybridized carbons (Fsp3) is 0.333. The zero-order valence-corrected chi connectivity index (χ0v) is 12.6. The van der Waals surface area contributed by atoms with Gasteiger partial charge in [-0.1, -0.05) is 6.08 Å². The summed E-state index contributed by atoms with van der Waals surface area (Å²) in [6, 6.07) is 3.94. The van der Waals surface area contributed by atoms with E-state index in [0.29, 0.717) is 23.7 Å². The van der Waals surface area contributed by atoms with Gasteiger partial charge < -0.3 is 25.2 Å². The Kier molecular flexibility index (Phi) is 6.91. The summed E-state index contributed by atoms with van der Waals surface area (Å²) in [6.07, 6.45) is 1.32. The molecule has 7 heteroatoms. The average molecular weight is 308 g/mol. The highest BCUT2D eigenvalue weighted by molar-refractivity contribution is 5.95. The molecule has 0 saturated heterocycles. The number of anilines is 1. The third kappa shape index (κ3) is 5.10. The van der Waals surface area contributed by atoms with E-state index in [9.17, 15) is 9.59 Å². The molecule has 22 heavy (non-hydrogen) atoms. The zero-order chi connectivity index (χ0) is 16.5. The molecule has 0 spiro atoms. The van der Waals surface area contributed by atoms with Crippen LogP contribution in [0.1, 0.15) is 6.42 Å². The van der Waals surface area contributed by atoms with Crippen molar-refractivity contribution in [3.05, 3.63) is 30.9 Å². The molecule has 0 saturated carbocycles. The number of rotatable bonds is 9. The molecule has 0 aliphatic carbocycles. The predicted molar refractivity (Wildman–Crippen MR) is 82.4 cm³/mol. The molecule has 1 aromatic carbocycles. The third-order valence-corrected chi connectivity index (χ3v) is 2.88. The second-order valence-corrected chi connectivity index (χ2v) is 4.41. The van der Waals surface area contributed by atoms with Crippen LogP contribution in [-0.2, 0) is 9.59 Å². The van der Waals surface area contributed by atoms with Crippen molar-refractivity contribution >= 4 is 17.6 Å². The van der Waals surface area contributed by atoms with Crippen LogP contribution in [-0.4, -0.2) is 43.8 Å². The lowest BCUT2D eigenvalue weighted by Gasteiger charge is -2.15. The topological polar surface area (TPSA) is 96.9 Å². The smallest absolute Gasteiger partial charge is 0.321 e. The van der Waals surface area contributed by atoms with E-state index in [1.165, 1.54) is 20.3 Å². The maximum absolute atomic E-state index is 12.0. The number of nitrogens with one attached hydrogen (secondary N) is 2. The highest BCUT2D eigenvalue weighted by atomic mass is 16.5. The van der Waals surface area contributed by atoms with Gasteiger partial charge in [0.15, 0.2) is 0 Å². The van der Waals surface area contributed by atoms with E-state index >= 15 is 0 Å². The van der Waals surface area contributed by atoms with Gasteiger partial charge >= 0.3 is 5.97 Å². The molecule has 0 unspecified atom stereocenters. The van der Waals surface area contributed by atoms with E-state index in [4.69, 9.17) is 14.6 Å². The molecule has 120 valence electrons. The normalized spacial score (nSPS) is 11.4. The highest BCUT2D eigenvalue weighted by Crippen LogP contribution is 2.29. The van der Waals surface area contributed by atoms with Crippen molar-refractivity contribution in [2.24, 2.45) is 0 Å². The van der Waals surface area contributed by atoms with Crippen LogP contribution >= 0.6 is 0 Å². The Bertz CT molecular complexity index is 545. The maximum Gasteiger partial charge on any atom is 0.321 e. The summed E-state index contributed by atoms with van der Waals surface area (Å²) in [5.74, 6) is -0.518. The lowest BCUT2D eigenvalue weighted by atomic mass is 10.2. The van der Waals surface area contributed by atoms with Crippen molar-refractivity contribution in [1.29, 1.82) is 0 Å². The van der Waals surface area contributed by atoms with Crippen LogP contribution in [0.15, 0.2) is 30.9 Å². The summed E-state index contributed by atoms with van der Waals surface area (Å²) < 4.78 is 10.2. The number of hydrogen-bond donors (Lipinski definition) is 3. The Labute approximate surface area is 128 Å². The Morgan fingerprint density at radius 3 is 2.64 bits per heavy atom. The van der Waals surface area contributed by atoms with Crippen molar-refractivity contribution in [3.8, 4) is 11.5 Å². The molecule has 0 heterocycles. The number of carbonyl (C=O) groups excluding carboxylic acids is 1. The molecule has 1 rings (SSSR count). The minimum atomic E-state index is -1.10. The molecule has 0 fully saturated rings. The first-order chi connectivity index (χ1) is 10.5. The van der Waals surface area contributed by atoms with Crippen molar-refractivity contribution in [3.63, 3.8) is 0 Å². The highest BCUT2D eigenvalue weighted by Gasteiger charge is 2.20. The first-order valence-electron chi connectivity index (χ1n) is 6.60. The van der Waals surface area contributed by atoms with Crippen molar-refractivity contribution in [2.45, 2.75) is 12.5 Å². The Hall–Kier alpha value is -2.54. The Morgan fingerprint density at radius 2 is 2.09 bits per heavy atom. The lowest BCUT2D eigenvalue weighted by molar-refractivity contribution is -0.140. The summed E-state index contributed by atoms with van der Waals surface area (Å²) in [4.78, 5) is 23.1. The van der Waals surface area contributed by atoms with Crippen LogP contribution in [0.5, 0.6) is 11.5 Å². The van der Waals surface area contributed by atoms with Crippen molar-refractivity contribution in [1.82, 2.24) is 5.32 Å². The maximum atomic E-state index is 12.0. The Balaban J connectivity index is 2.74. The number of methoxy groups -OCH3 is 2. The lowest BCUT2D eigenvalue weighted by Crippen LogP contribution is -2.39. The van der Waals surface area contributed by atoms with Crippen LogP contribution in [0.25, 0.3) is 0 Å². The van der Waals surface area contributed by atoms with Crippen molar-refractivity contribution < 1.29 is 24.2 Å². The zero-order valence-electron chi connectivity index (χ0n) is 12.6. The third-order valence-electron chi connectivity index (χ3n) is 2.88. The number of benzene rings is 1. The number of amides is 1. The molecule has 0 aromatic heterocycles. The first-order valence-corrected chi connectivity index (χ1v) is 6.60. The molecule has 1 atom stereocenters. The summed E-state index contributed by atoms with van der Waals surface area (Å²) in [5, 5.41) is 14.4. The van der Waals surface area contributed by atoms with E-state index in [-0.39, 0.29) is 6.42 Å². The summed E-state index contributed by atoms with van der Waals surface area (Å²) in [7, 11) is 2.99. The first kappa shape index (κ1) is 17.5. The van der Waals surface area contributed by atoms with E-state index < -0.39 is 17.9 Å². The van der Waals surface area contributed by atoms with Gasteiger partial charge in [-0.3, -0.25) is 9.59 Å². The van der Waals surface area contributed by atoms with E-state index in [0.717, 1.165) is 0 Å². The number of carbonyl (C=O) groups is 2. The quantitative estimate of drug-likeness (QED) is 0.594. The minimum Gasteiger partial charge on any atom is -0.497 e. The Morgan fingerprint density at radius 1 is 1.36 bits per heavy atom. The van der Waals surface area contributed by atoms with Gasteiger partial charge in [-0.25, -0.2) is 0 Å². The molecule has 1 amide bonds. The van der Waals surface area contributed by atoms with Crippen LogP contribution < -0.4 is 20.1 Å². The molecule has 0 bridgehead atoms. The van der Waals surface area contributed by atoms with Gasteiger partial charge in [-0.15, -0.1) is 6.58 Å². The molecule has 0 radical (unpaired) electrons. The van der Waals surface area contributed by atoms with Crippen molar-refractivity contribution in [2.75, 3.05) is 26.1 Å². The molecular formula is C15H20N2O5. The van der Waals surface area contributed by atoms with Gasteiger partial charge in [0, 0.05) is 12.6 Å². The number of carboxylic acids is 1. The van der Waals surface area contributed by atoms with Gasteiger partial charge in [0.2, 0.25) is 5.91 Å². The molecule has 1 aromatic rings. The number of ether oxygens (including phenoxy) is 2. The van der Waals surface area contributed by atoms with Crippen LogP contribution in [0, 0.1) is 0 Å². The van der Waals surface area contributed by atoms with Crippen LogP contribution in [0.3, 0.4) is 0 Å². The number of aliphatic carboxylic acids is 1. The standard InChI is InChI=1S/C15H20N2O5/c1-4-7-16-12(15(19)20)9-14(18)17-11-6-5-10(21-2)8-13(11)22-3/h4-6,8,12,16H,1,7,9H2,2-3H3,(H,17,18)(H,19,20)/t12-/m0/s1. The molecule has 0 aliphatic rings. The van der Waals surface area contributed by atoms with Gasteiger partial charge in [-0.2, -0.15) is 0 Å². The molecular weight excluding hydrogens is 288 g/mol. The van der Waals surface area contributed by atoms with E-state index in [2.05, 4.69) is 17.2 Å². The molecule has 0 aliphatic heterocycles. The predicted octanol–water partition coefficient (Wildman–Crippen LogP) is 1.26. The second kappa shape index (κ2) is 8.68. The van der Waals surface area contributed by atoms with Gasteiger partial charge in [-0.05, 0) is 12.1 Å². The van der Waals surface area contributed by atoms with Gasteiger partial charge in [0.1, 0.15) is 17.5 Å². The summed E-state index contributed by atoms with van der Waals surface area (Å²) >= 11 is 0.